The SMILES string of the molecule is CCOC(=O)CCCc1ccc(C(Cc2ccccc2)(NC(=O)NC2CCCC2)c2cc(F)cc(C(F)(F)F)c2)cc1. The number of carbonyl (C=O) groups is 2. The lowest BCUT2D eigenvalue weighted by molar-refractivity contribution is -0.143. The number of ether oxygens (including phenoxy) is 1. The summed E-state index contributed by atoms with van der Waals surface area (Å²) in [7, 11) is 0. The number of urea groups is 1. The quantitative estimate of drug-likeness (QED) is 0.182. The number of benzene rings is 3. The zero-order valence-electron chi connectivity index (χ0n) is 23.6. The molecule has 5 nitrogen and oxygen atoms in total. The minimum Gasteiger partial charge on any atom is -0.466 e. The Labute approximate surface area is 243 Å². The number of amides is 2. The predicted octanol–water partition coefficient (Wildman–Crippen LogP) is 7.46. The molecule has 1 aliphatic carbocycles. The zero-order chi connectivity index (χ0) is 30.2. The average Bonchev–Trinajstić information content (AvgIpc) is 3.46. The van der Waals surface area contributed by atoms with Crippen molar-refractivity contribution in [2.75, 3.05) is 6.61 Å². The third kappa shape index (κ3) is 8.11. The Kier molecular flexibility index (Phi) is 10.2. The third-order valence-corrected chi connectivity index (χ3v) is 7.65. The van der Waals surface area contributed by atoms with Gasteiger partial charge in [0.25, 0.3) is 0 Å². The Bertz CT molecular complexity index is 1340. The summed E-state index contributed by atoms with van der Waals surface area (Å²) in [4.78, 5) is 25.2. The van der Waals surface area contributed by atoms with Crippen LogP contribution in [0.5, 0.6) is 0 Å². The molecule has 1 unspecified atom stereocenters. The summed E-state index contributed by atoms with van der Waals surface area (Å²) in [5, 5.41) is 5.96. The zero-order valence-corrected chi connectivity index (χ0v) is 23.6. The highest BCUT2D eigenvalue weighted by atomic mass is 19.4. The van der Waals surface area contributed by atoms with Gasteiger partial charge in [-0.2, -0.15) is 13.2 Å². The topological polar surface area (TPSA) is 67.4 Å². The number of aryl methyl sites for hydroxylation is 1. The number of hydrogen-bond acceptors (Lipinski definition) is 3. The summed E-state index contributed by atoms with van der Waals surface area (Å²) < 4.78 is 61.5. The molecule has 2 N–H and O–H groups in total. The van der Waals surface area contributed by atoms with E-state index in [9.17, 15) is 27.2 Å². The van der Waals surface area contributed by atoms with Crippen LogP contribution in [0.3, 0.4) is 0 Å². The minimum absolute atomic E-state index is 0.0182. The van der Waals surface area contributed by atoms with E-state index < -0.39 is 29.1 Å². The Morgan fingerprint density at radius 3 is 2.19 bits per heavy atom. The van der Waals surface area contributed by atoms with Crippen molar-refractivity contribution < 1.29 is 31.9 Å². The second kappa shape index (κ2) is 13.9. The van der Waals surface area contributed by atoms with E-state index in [4.69, 9.17) is 4.74 Å². The molecule has 1 saturated carbocycles. The van der Waals surface area contributed by atoms with Crippen LogP contribution in [0.4, 0.5) is 22.4 Å². The lowest BCUT2D eigenvalue weighted by Crippen LogP contribution is -2.53. The molecule has 0 aromatic heterocycles. The molecule has 0 heterocycles. The molecule has 0 aliphatic heterocycles. The predicted molar refractivity (Wildman–Crippen MR) is 152 cm³/mol. The largest absolute Gasteiger partial charge is 0.466 e. The van der Waals surface area contributed by atoms with Gasteiger partial charge >= 0.3 is 18.2 Å². The first-order valence-corrected chi connectivity index (χ1v) is 14.3. The van der Waals surface area contributed by atoms with Gasteiger partial charge in [0, 0.05) is 18.9 Å². The monoisotopic (exact) mass is 584 g/mol. The van der Waals surface area contributed by atoms with Crippen molar-refractivity contribution in [3.05, 3.63) is 106 Å². The summed E-state index contributed by atoms with van der Waals surface area (Å²) in [6.07, 6.45) is 0.300. The van der Waals surface area contributed by atoms with Gasteiger partial charge in [-0.05, 0) is 73.1 Å². The van der Waals surface area contributed by atoms with Gasteiger partial charge in [-0.25, -0.2) is 9.18 Å². The van der Waals surface area contributed by atoms with E-state index in [1.165, 1.54) is 0 Å². The summed E-state index contributed by atoms with van der Waals surface area (Å²) in [5.41, 5.74) is -0.535. The third-order valence-electron chi connectivity index (χ3n) is 7.65. The Morgan fingerprint density at radius 1 is 0.881 bits per heavy atom. The lowest BCUT2D eigenvalue weighted by Gasteiger charge is -2.37. The van der Waals surface area contributed by atoms with E-state index in [-0.39, 0.29) is 30.4 Å². The molecule has 1 aliphatic rings. The smallest absolute Gasteiger partial charge is 0.416 e. The van der Waals surface area contributed by atoms with Gasteiger partial charge in [0.05, 0.1) is 17.7 Å². The van der Waals surface area contributed by atoms with E-state index in [1.807, 2.05) is 30.3 Å². The molecule has 1 atom stereocenters. The normalized spacial score (nSPS) is 15.2. The van der Waals surface area contributed by atoms with Gasteiger partial charge in [0.15, 0.2) is 0 Å². The molecule has 0 radical (unpaired) electrons. The fourth-order valence-electron chi connectivity index (χ4n) is 5.57. The minimum atomic E-state index is -4.79. The molecule has 42 heavy (non-hydrogen) atoms. The second-order valence-corrected chi connectivity index (χ2v) is 10.7. The van der Waals surface area contributed by atoms with Crippen LogP contribution in [0, 0.1) is 5.82 Å². The summed E-state index contributed by atoms with van der Waals surface area (Å²) in [6.45, 7) is 2.06. The molecule has 3 aromatic carbocycles. The molecule has 2 amide bonds. The Balaban J connectivity index is 1.77. The highest BCUT2D eigenvalue weighted by Crippen LogP contribution is 2.38. The van der Waals surface area contributed by atoms with Gasteiger partial charge in [0.1, 0.15) is 5.82 Å². The van der Waals surface area contributed by atoms with Crippen LogP contribution >= 0.6 is 0 Å². The van der Waals surface area contributed by atoms with Gasteiger partial charge in [-0.3, -0.25) is 4.79 Å². The number of rotatable bonds is 11. The van der Waals surface area contributed by atoms with Crippen molar-refractivity contribution in [2.24, 2.45) is 0 Å². The summed E-state index contributed by atoms with van der Waals surface area (Å²) in [6, 6.07) is 18.1. The molecular formula is C33H36F4N2O3. The fourth-order valence-corrected chi connectivity index (χ4v) is 5.57. The molecule has 4 rings (SSSR count). The van der Waals surface area contributed by atoms with Crippen molar-refractivity contribution >= 4 is 12.0 Å². The maximum atomic E-state index is 14.9. The molecule has 0 saturated heterocycles. The standard InChI is InChI=1S/C33H36F4N2O3/c1-2-42-30(40)14-8-11-23-15-17-25(18-16-23)32(22-24-9-4-3-5-10-24,39-31(41)38-29-12-6-7-13-29)26-19-27(33(35,36)37)21-28(34)20-26/h3-5,9-10,15-21,29H,2,6-8,11-14,22H2,1H3,(H2,38,39,41). The fraction of sp³-hybridized carbons (Fsp3) is 0.394. The Morgan fingerprint density at radius 2 is 1.55 bits per heavy atom. The Hall–Kier alpha value is -3.88. The molecule has 3 aromatic rings. The molecule has 9 heteroatoms. The van der Waals surface area contributed by atoms with E-state index in [2.05, 4.69) is 10.6 Å². The number of esters is 1. The highest BCUT2D eigenvalue weighted by Gasteiger charge is 2.40. The van der Waals surface area contributed by atoms with Gasteiger partial charge in [-0.1, -0.05) is 67.4 Å². The average molecular weight is 585 g/mol. The van der Waals surface area contributed by atoms with E-state index in [1.54, 1.807) is 31.2 Å². The molecule has 224 valence electrons. The highest BCUT2D eigenvalue weighted by molar-refractivity contribution is 5.76. The van der Waals surface area contributed by atoms with Crippen molar-refractivity contribution in [3.63, 3.8) is 0 Å². The van der Waals surface area contributed by atoms with Crippen molar-refractivity contribution in [3.8, 4) is 0 Å². The number of alkyl halides is 3. The molecule has 0 spiro atoms. The van der Waals surface area contributed by atoms with Crippen LogP contribution in [0.1, 0.15) is 73.3 Å². The van der Waals surface area contributed by atoms with Crippen LogP contribution in [0.15, 0.2) is 72.8 Å². The molecule has 1 fully saturated rings. The van der Waals surface area contributed by atoms with E-state index in [0.717, 1.165) is 48.9 Å². The van der Waals surface area contributed by atoms with Crippen LogP contribution in [0.25, 0.3) is 0 Å². The van der Waals surface area contributed by atoms with Crippen LogP contribution in [0.2, 0.25) is 0 Å². The summed E-state index contributed by atoms with van der Waals surface area (Å²) in [5.74, 6) is -1.33. The maximum absolute atomic E-state index is 14.9. The van der Waals surface area contributed by atoms with Crippen molar-refractivity contribution in [2.45, 2.75) is 76.0 Å². The second-order valence-electron chi connectivity index (χ2n) is 10.7. The number of halogens is 4. The van der Waals surface area contributed by atoms with Gasteiger partial charge in [0.2, 0.25) is 0 Å². The maximum Gasteiger partial charge on any atom is 0.416 e. The lowest BCUT2D eigenvalue weighted by atomic mass is 9.77. The first-order valence-electron chi connectivity index (χ1n) is 14.3. The number of hydrogen-bond donors (Lipinski definition) is 2. The first kappa shape index (κ1) is 31.1. The summed E-state index contributed by atoms with van der Waals surface area (Å²) >= 11 is 0. The number of carbonyl (C=O) groups excluding carboxylic acids is 2. The number of nitrogens with one attached hydrogen (secondary N) is 2. The van der Waals surface area contributed by atoms with Gasteiger partial charge < -0.3 is 15.4 Å². The van der Waals surface area contributed by atoms with Crippen LogP contribution < -0.4 is 10.6 Å². The molecular weight excluding hydrogens is 548 g/mol. The van der Waals surface area contributed by atoms with Crippen LogP contribution in [-0.2, 0) is 34.1 Å². The van der Waals surface area contributed by atoms with Crippen LogP contribution in [-0.4, -0.2) is 24.6 Å². The van der Waals surface area contributed by atoms with Crippen molar-refractivity contribution in [1.29, 1.82) is 0 Å². The molecule has 0 bridgehead atoms. The van der Waals surface area contributed by atoms with E-state index in [0.29, 0.717) is 31.1 Å². The first-order chi connectivity index (χ1) is 20.1. The van der Waals surface area contributed by atoms with Crippen molar-refractivity contribution in [1.82, 2.24) is 10.6 Å². The van der Waals surface area contributed by atoms with E-state index >= 15 is 0 Å². The van der Waals surface area contributed by atoms with Gasteiger partial charge in [-0.15, -0.1) is 0 Å².